The Morgan fingerprint density at radius 1 is 1.45 bits per heavy atom. The molecule has 11 heavy (non-hydrogen) atoms. The largest absolute Gasteiger partial charge is 0.273 e. The summed E-state index contributed by atoms with van der Waals surface area (Å²) >= 11 is 0. The minimum atomic E-state index is -3.22. The van der Waals surface area contributed by atoms with Crippen molar-refractivity contribution in [3.63, 3.8) is 0 Å². The van der Waals surface area contributed by atoms with Crippen molar-refractivity contribution in [3.8, 4) is 0 Å². The van der Waals surface area contributed by atoms with Crippen LogP contribution in [-0.2, 0) is 14.3 Å². The Morgan fingerprint density at radius 3 is 2.36 bits per heavy atom. The van der Waals surface area contributed by atoms with Crippen LogP contribution in [0.5, 0.6) is 0 Å². The zero-order valence-electron chi connectivity index (χ0n) is 7.33. The predicted molar refractivity (Wildman–Crippen MR) is 44.9 cm³/mol. The Kier molecular flexibility index (Phi) is 4.68. The first kappa shape index (κ1) is 10.9. The Bertz CT molecular complexity index is 184. The molecule has 0 aliphatic rings. The van der Waals surface area contributed by atoms with E-state index in [2.05, 4.69) is 4.18 Å². The summed E-state index contributed by atoms with van der Waals surface area (Å²) in [6.45, 7) is 4.08. The second kappa shape index (κ2) is 4.72. The van der Waals surface area contributed by atoms with Crippen molar-refractivity contribution in [1.29, 1.82) is 0 Å². The van der Waals surface area contributed by atoms with E-state index >= 15 is 0 Å². The molecule has 68 valence electrons. The first-order chi connectivity index (χ1) is 5.02. The van der Waals surface area contributed by atoms with E-state index in [9.17, 15) is 8.42 Å². The van der Waals surface area contributed by atoms with E-state index in [1.165, 1.54) is 7.11 Å². The highest BCUT2D eigenvalue weighted by Crippen LogP contribution is 2.08. The van der Waals surface area contributed by atoms with Gasteiger partial charge in [0.2, 0.25) is 0 Å². The smallest absolute Gasteiger partial charge is 0.267 e. The predicted octanol–water partition coefficient (Wildman–Crippen LogP) is 1.40. The summed E-state index contributed by atoms with van der Waals surface area (Å²) in [5.41, 5.74) is 0. The van der Waals surface area contributed by atoms with Gasteiger partial charge >= 0.3 is 0 Å². The molecule has 0 bridgehead atoms. The summed E-state index contributed by atoms with van der Waals surface area (Å²) in [6.07, 6.45) is 1.70. The summed E-state index contributed by atoms with van der Waals surface area (Å²) < 4.78 is 25.9. The zero-order chi connectivity index (χ0) is 8.91. The average Bonchev–Trinajstić information content (AvgIpc) is 2.00. The Morgan fingerprint density at radius 2 is 2.00 bits per heavy atom. The second-order valence-corrected chi connectivity index (χ2v) is 4.59. The van der Waals surface area contributed by atoms with E-state index in [1.807, 2.05) is 13.8 Å². The van der Waals surface area contributed by atoms with Gasteiger partial charge in [-0.25, -0.2) is 0 Å². The van der Waals surface area contributed by atoms with Crippen LogP contribution in [0.25, 0.3) is 0 Å². The summed E-state index contributed by atoms with van der Waals surface area (Å²) in [5.74, 6) is 0.596. The molecule has 0 fully saturated rings. The van der Waals surface area contributed by atoms with E-state index in [-0.39, 0.29) is 5.75 Å². The highest BCUT2D eigenvalue weighted by atomic mass is 32.2. The van der Waals surface area contributed by atoms with E-state index in [1.54, 1.807) is 0 Å². The van der Waals surface area contributed by atoms with Crippen LogP contribution in [0.2, 0.25) is 0 Å². The molecule has 0 amide bonds. The lowest BCUT2D eigenvalue weighted by atomic mass is 10.1. The maximum absolute atomic E-state index is 10.8. The molecule has 0 spiro atoms. The third-order valence-corrected chi connectivity index (χ3v) is 3.06. The molecule has 0 aliphatic heterocycles. The fourth-order valence-electron chi connectivity index (χ4n) is 0.633. The van der Waals surface area contributed by atoms with Crippen LogP contribution in [0.1, 0.15) is 26.7 Å². The van der Waals surface area contributed by atoms with Crippen molar-refractivity contribution in [2.45, 2.75) is 26.7 Å². The lowest BCUT2D eigenvalue weighted by Crippen LogP contribution is -2.10. The van der Waals surface area contributed by atoms with Crippen LogP contribution in [-0.4, -0.2) is 21.3 Å². The van der Waals surface area contributed by atoms with Crippen molar-refractivity contribution in [3.05, 3.63) is 0 Å². The molecule has 0 aromatic carbocycles. The maximum Gasteiger partial charge on any atom is 0.267 e. The fraction of sp³-hybridized carbons (Fsp3) is 1.00. The molecule has 0 aromatic rings. The quantitative estimate of drug-likeness (QED) is 0.601. The van der Waals surface area contributed by atoms with Gasteiger partial charge in [-0.15, -0.1) is 0 Å². The molecule has 4 heteroatoms. The first-order valence-corrected chi connectivity index (χ1v) is 5.38. The lowest BCUT2D eigenvalue weighted by Gasteiger charge is -2.06. The van der Waals surface area contributed by atoms with E-state index in [0.29, 0.717) is 12.3 Å². The molecule has 0 radical (unpaired) electrons. The highest BCUT2D eigenvalue weighted by Gasteiger charge is 2.10. The third kappa shape index (κ3) is 5.21. The normalized spacial score (nSPS) is 14.8. The molecule has 0 N–H and O–H groups in total. The van der Waals surface area contributed by atoms with E-state index in [4.69, 9.17) is 0 Å². The molecule has 0 saturated carbocycles. The number of hydrogen-bond donors (Lipinski definition) is 0. The maximum atomic E-state index is 10.8. The summed E-state index contributed by atoms with van der Waals surface area (Å²) in [7, 11) is -2.02. The molecule has 1 atom stereocenters. The summed E-state index contributed by atoms with van der Waals surface area (Å²) in [6, 6.07) is 0. The van der Waals surface area contributed by atoms with Crippen LogP contribution in [0.4, 0.5) is 0 Å². The van der Waals surface area contributed by atoms with Crippen molar-refractivity contribution in [2.24, 2.45) is 5.92 Å². The zero-order valence-corrected chi connectivity index (χ0v) is 8.15. The third-order valence-electron chi connectivity index (χ3n) is 1.81. The van der Waals surface area contributed by atoms with Gasteiger partial charge in [0.25, 0.3) is 10.1 Å². The van der Waals surface area contributed by atoms with Crippen molar-refractivity contribution >= 4 is 10.1 Å². The van der Waals surface area contributed by atoms with Crippen molar-refractivity contribution in [1.82, 2.24) is 0 Å². The van der Waals surface area contributed by atoms with Crippen molar-refractivity contribution in [2.75, 3.05) is 12.9 Å². The first-order valence-electron chi connectivity index (χ1n) is 3.80. The molecule has 0 heterocycles. The van der Waals surface area contributed by atoms with Gasteiger partial charge in [0.05, 0.1) is 12.9 Å². The van der Waals surface area contributed by atoms with Crippen LogP contribution in [0, 0.1) is 5.92 Å². The van der Waals surface area contributed by atoms with Gasteiger partial charge in [0, 0.05) is 0 Å². The minimum absolute atomic E-state index is 0.137. The Hall–Kier alpha value is -0.0900. The standard InChI is InChI=1S/C7H16O3S/c1-4-7(2)5-6-11(8,9)10-3/h7H,4-6H2,1-3H3. The molecular formula is C7H16O3S. The SMILES string of the molecule is CCC(C)CCS(=O)(=O)OC. The van der Waals surface area contributed by atoms with Crippen LogP contribution >= 0.6 is 0 Å². The molecule has 0 aromatic heterocycles. The monoisotopic (exact) mass is 180 g/mol. The molecule has 0 rings (SSSR count). The van der Waals surface area contributed by atoms with Gasteiger partial charge < -0.3 is 0 Å². The molecular weight excluding hydrogens is 164 g/mol. The lowest BCUT2D eigenvalue weighted by molar-refractivity contribution is 0.392. The van der Waals surface area contributed by atoms with Gasteiger partial charge in [-0.3, -0.25) is 4.18 Å². The number of rotatable bonds is 5. The van der Waals surface area contributed by atoms with Crippen LogP contribution in [0.15, 0.2) is 0 Å². The van der Waals surface area contributed by atoms with Gasteiger partial charge in [0.1, 0.15) is 0 Å². The van der Waals surface area contributed by atoms with Gasteiger partial charge in [-0.05, 0) is 12.3 Å². The average molecular weight is 180 g/mol. The summed E-state index contributed by atoms with van der Waals surface area (Å²) in [4.78, 5) is 0. The van der Waals surface area contributed by atoms with Gasteiger partial charge in [-0.1, -0.05) is 20.3 Å². The second-order valence-electron chi connectivity index (χ2n) is 2.73. The van der Waals surface area contributed by atoms with Crippen LogP contribution < -0.4 is 0 Å². The topological polar surface area (TPSA) is 43.4 Å². The van der Waals surface area contributed by atoms with E-state index < -0.39 is 10.1 Å². The minimum Gasteiger partial charge on any atom is -0.273 e. The fourth-order valence-corrected chi connectivity index (χ4v) is 1.49. The highest BCUT2D eigenvalue weighted by molar-refractivity contribution is 7.86. The summed E-state index contributed by atoms with van der Waals surface area (Å²) in [5, 5.41) is 0. The molecule has 3 nitrogen and oxygen atoms in total. The van der Waals surface area contributed by atoms with Gasteiger partial charge in [0.15, 0.2) is 0 Å². The Labute approximate surface area is 68.9 Å². The molecule has 1 unspecified atom stereocenters. The van der Waals surface area contributed by atoms with E-state index in [0.717, 1.165) is 6.42 Å². The van der Waals surface area contributed by atoms with Crippen LogP contribution in [0.3, 0.4) is 0 Å². The van der Waals surface area contributed by atoms with Gasteiger partial charge in [-0.2, -0.15) is 8.42 Å². The molecule has 0 aliphatic carbocycles. The molecule has 0 saturated heterocycles. The number of hydrogen-bond acceptors (Lipinski definition) is 3. The Balaban J connectivity index is 3.71. The van der Waals surface area contributed by atoms with Crippen molar-refractivity contribution < 1.29 is 12.6 Å².